The number of aromatic nitrogens is 2. The van der Waals surface area contributed by atoms with Crippen molar-refractivity contribution >= 4 is 11.7 Å². The summed E-state index contributed by atoms with van der Waals surface area (Å²) in [5.41, 5.74) is 2.24. The van der Waals surface area contributed by atoms with Gasteiger partial charge in [0.15, 0.2) is 0 Å². The van der Waals surface area contributed by atoms with E-state index in [-0.39, 0.29) is 0 Å². The molecule has 0 unspecified atom stereocenters. The Kier molecular flexibility index (Phi) is 5.12. The van der Waals surface area contributed by atoms with Gasteiger partial charge in [0, 0.05) is 5.69 Å². The third-order valence-corrected chi connectivity index (χ3v) is 2.97. The van der Waals surface area contributed by atoms with Crippen LogP contribution in [0.25, 0.3) is 0 Å². The van der Waals surface area contributed by atoms with Crippen molar-refractivity contribution in [1.82, 2.24) is 15.5 Å². The van der Waals surface area contributed by atoms with Crippen LogP contribution in [0.3, 0.4) is 0 Å². The third kappa shape index (κ3) is 4.06. The Balaban J connectivity index is 1.97. The van der Waals surface area contributed by atoms with Gasteiger partial charge in [-0.1, -0.05) is 38.0 Å². The molecular formula is C15H22N4O. The Morgan fingerprint density at radius 1 is 1.25 bits per heavy atom. The molecule has 0 spiro atoms. The van der Waals surface area contributed by atoms with E-state index in [1.807, 2.05) is 12.1 Å². The molecule has 0 radical (unpaired) electrons. The van der Waals surface area contributed by atoms with Crippen LogP contribution in [0.5, 0.6) is 0 Å². The number of nitrogens with zero attached hydrogens (tertiary/aromatic N) is 2. The molecule has 1 heterocycles. The van der Waals surface area contributed by atoms with Gasteiger partial charge in [0.2, 0.25) is 5.89 Å². The van der Waals surface area contributed by atoms with Gasteiger partial charge in [-0.3, -0.25) is 0 Å². The monoisotopic (exact) mass is 274 g/mol. The van der Waals surface area contributed by atoms with Crippen molar-refractivity contribution in [3.63, 3.8) is 0 Å². The molecule has 2 rings (SSSR count). The SMILES string of the molecule is CCCNCc1nnc(Nc2cccc(C(C)C)c2)o1. The van der Waals surface area contributed by atoms with Crippen molar-refractivity contribution < 1.29 is 4.42 Å². The summed E-state index contributed by atoms with van der Waals surface area (Å²) in [6.07, 6.45) is 1.08. The van der Waals surface area contributed by atoms with E-state index in [0.29, 0.717) is 24.4 Å². The van der Waals surface area contributed by atoms with Crippen LogP contribution in [0, 0.1) is 0 Å². The van der Waals surface area contributed by atoms with Crippen molar-refractivity contribution in [3.05, 3.63) is 35.7 Å². The van der Waals surface area contributed by atoms with Crippen molar-refractivity contribution in [2.75, 3.05) is 11.9 Å². The van der Waals surface area contributed by atoms with E-state index in [0.717, 1.165) is 18.7 Å². The summed E-state index contributed by atoms with van der Waals surface area (Å²) in [4.78, 5) is 0. The fourth-order valence-corrected chi connectivity index (χ4v) is 1.85. The molecule has 5 nitrogen and oxygen atoms in total. The van der Waals surface area contributed by atoms with Gasteiger partial charge in [0.25, 0.3) is 0 Å². The minimum absolute atomic E-state index is 0.430. The van der Waals surface area contributed by atoms with Gasteiger partial charge in [0.1, 0.15) is 0 Å². The molecule has 0 fully saturated rings. The topological polar surface area (TPSA) is 63.0 Å². The highest BCUT2D eigenvalue weighted by molar-refractivity contribution is 5.53. The maximum Gasteiger partial charge on any atom is 0.320 e. The molecule has 1 aromatic carbocycles. The molecule has 0 aliphatic rings. The molecule has 108 valence electrons. The summed E-state index contributed by atoms with van der Waals surface area (Å²) in [7, 11) is 0. The average Bonchev–Trinajstić information content (AvgIpc) is 2.87. The van der Waals surface area contributed by atoms with Gasteiger partial charge < -0.3 is 15.1 Å². The van der Waals surface area contributed by atoms with E-state index in [1.54, 1.807) is 0 Å². The molecule has 0 atom stereocenters. The first kappa shape index (κ1) is 14.5. The van der Waals surface area contributed by atoms with E-state index in [9.17, 15) is 0 Å². The number of anilines is 2. The van der Waals surface area contributed by atoms with Crippen LogP contribution in [-0.4, -0.2) is 16.7 Å². The lowest BCUT2D eigenvalue weighted by atomic mass is 10.0. The molecule has 1 aromatic heterocycles. The standard InChI is InChI=1S/C15H22N4O/c1-4-8-16-10-14-18-19-15(20-14)17-13-7-5-6-12(9-13)11(2)3/h5-7,9,11,16H,4,8,10H2,1-3H3,(H,17,19). The van der Waals surface area contributed by atoms with Crippen molar-refractivity contribution in [1.29, 1.82) is 0 Å². The Morgan fingerprint density at radius 3 is 2.85 bits per heavy atom. The Labute approximate surface area is 119 Å². The Hall–Kier alpha value is -1.88. The van der Waals surface area contributed by atoms with Crippen LogP contribution >= 0.6 is 0 Å². The third-order valence-electron chi connectivity index (χ3n) is 2.97. The van der Waals surface area contributed by atoms with Crippen molar-refractivity contribution in [2.24, 2.45) is 0 Å². The van der Waals surface area contributed by atoms with Crippen LogP contribution in [0.4, 0.5) is 11.7 Å². The lowest BCUT2D eigenvalue weighted by Gasteiger charge is -2.07. The minimum atomic E-state index is 0.430. The highest BCUT2D eigenvalue weighted by atomic mass is 16.4. The van der Waals surface area contributed by atoms with Crippen LogP contribution in [0.2, 0.25) is 0 Å². The van der Waals surface area contributed by atoms with Crippen LogP contribution in [0.1, 0.15) is 44.6 Å². The zero-order valence-electron chi connectivity index (χ0n) is 12.3. The number of rotatable bonds is 7. The largest absolute Gasteiger partial charge is 0.406 e. The summed E-state index contributed by atoms with van der Waals surface area (Å²) in [5.74, 6) is 1.09. The van der Waals surface area contributed by atoms with Gasteiger partial charge in [-0.2, -0.15) is 0 Å². The highest BCUT2D eigenvalue weighted by Gasteiger charge is 2.06. The second-order valence-corrected chi connectivity index (χ2v) is 5.08. The smallest absolute Gasteiger partial charge is 0.320 e. The summed E-state index contributed by atoms with van der Waals surface area (Å²) in [6, 6.07) is 8.66. The molecule has 0 saturated carbocycles. The maximum atomic E-state index is 5.54. The molecule has 0 bridgehead atoms. The van der Waals surface area contributed by atoms with Gasteiger partial charge >= 0.3 is 6.01 Å². The average molecular weight is 274 g/mol. The molecular weight excluding hydrogens is 252 g/mol. The fraction of sp³-hybridized carbons (Fsp3) is 0.467. The quantitative estimate of drug-likeness (QED) is 0.757. The molecule has 0 saturated heterocycles. The maximum absolute atomic E-state index is 5.54. The van der Waals surface area contributed by atoms with Gasteiger partial charge in [-0.15, -0.1) is 5.10 Å². The number of hydrogen-bond acceptors (Lipinski definition) is 5. The summed E-state index contributed by atoms with van der Waals surface area (Å²) >= 11 is 0. The molecule has 20 heavy (non-hydrogen) atoms. The van der Waals surface area contributed by atoms with E-state index >= 15 is 0 Å². The predicted molar refractivity (Wildman–Crippen MR) is 80.1 cm³/mol. The molecule has 0 aliphatic carbocycles. The fourth-order valence-electron chi connectivity index (χ4n) is 1.85. The van der Waals surface area contributed by atoms with Crippen LogP contribution in [0.15, 0.2) is 28.7 Å². The van der Waals surface area contributed by atoms with E-state index in [2.05, 4.69) is 53.7 Å². The zero-order chi connectivity index (χ0) is 14.4. The summed E-state index contributed by atoms with van der Waals surface area (Å²) in [6.45, 7) is 8.01. The normalized spacial score (nSPS) is 11.0. The van der Waals surface area contributed by atoms with E-state index < -0.39 is 0 Å². The second-order valence-electron chi connectivity index (χ2n) is 5.08. The van der Waals surface area contributed by atoms with Crippen LogP contribution < -0.4 is 10.6 Å². The molecule has 2 aromatic rings. The van der Waals surface area contributed by atoms with Gasteiger partial charge in [-0.05, 0) is 36.6 Å². The van der Waals surface area contributed by atoms with Gasteiger partial charge in [0.05, 0.1) is 6.54 Å². The molecule has 0 amide bonds. The first-order chi connectivity index (χ1) is 9.69. The summed E-state index contributed by atoms with van der Waals surface area (Å²) < 4.78 is 5.54. The van der Waals surface area contributed by atoms with Crippen LogP contribution in [-0.2, 0) is 6.54 Å². The van der Waals surface area contributed by atoms with Crippen molar-refractivity contribution in [2.45, 2.75) is 39.7 Å². The lowest BCUT2D eigenvalue weighted by molar-refractivity contribution is 0.479. The molecule has 2 N–H and O–H groups in total. The predicted octanol–water partition coefficient (Wildman–Crippen LogP) is 3.44. The molecule has 5 heteroatoms. The Morgan fingerprint density at radius 2 is 2.10 bits per heavy atom. The Bertz CT molecular complexity index is 536. The number of nitrogens with one attached hydrogen (secondary N) is 2. The second kappa shape index (κ2) is 7.05. The number of hydrogen-bond donors (Lipinski definition) is 2. The molecule has 0 aliphatic heterocycles. The van der Waals surface area contributed by atoms with E-state index in [1.165, 1.54) is 5.56 Å². The summed E-state index contributed by atoms with van der Waals surface area (Å²) in [5, 5.41) is 14.4. The van der Waals surface area contributed by atoms with E-state index in [4.69, 9.17) is 4.42 Å². The first-order valence-corrected chi connectivity index (χ1v) is 7.09. The van der Waals surface area contributed by atoms with Gasteiger partial charge in [-0.25, -0.2) is 0 Å². The minimum Gasteiger partial charge on any atom is -0.406 e. The highest BCUT2D eigenvalue weighted by Crippen LogP contribution is 2.21. The van der Waals surface area contributed by atoms with Crippen molar-refractivity contribution in [3.8, 4) is 0 Å². The number of benzene rings is 1. The zero-order valence-corrected chi connectivity index (χ0v) is 12.3. The first-order valence-electron chi connectivity index (χ1n) is 7.09. The lowest BCUT2D eigenvalue weighted by Crippen LogP contribution is -2.13.